The van der Waals surface area contributed by atoms with E-state index >= 15 is 0 Å². The third-order valence-corrected chi connectivity index (χ3v) is 15.0. The van der Waals surface area contributed by atoms with E-state index in [4.69, 9.17) is 15.3 Å². The summed E-state index contributed by atoms with van der Waals surface area (Å²) in [6, 6.07) is 14.0. The number of carbonyl (C=O) groups is 3. The summed E-state index contributed by atoms with van der Waals surface area (Å²) in [6.07, 6.45) is 39.9. The van der Waals surface area contributed by atoms with Crippen LogP contribution in [0.2, 0.25) is 0 Å². The molecule has 15 nitrogen and oxygen atoms in total. The van der Waals surface area contributed by atoms with Gasteiger partial charge in [-0.25, -0.2) is 14.4 Å². The van der Waals surface area contributed by atoms with E-state index in [2.05, 4.69) is 63.1 Å². The molecule has 3 rings (SSSR count). The standard InChI is InChI=1S/3C22H37NO3.Ce.3ClH.3H2O/c3*1-4-5-6-7-8-9-10-11-12-13-16-23(2,3)18-19-14-15-21(24)20(17-19)22(25)26;;;;;;;/h3*14-15,17H,4-13,16,18H2,1-3H3,(H-,24,25,26);;3*1H;3*1H2/q;;;+3;;;;;;/p-3. The Morgan fingerprint density at radius 2 is 0.494 bits per heavy atom. The first-order chi connectivity index (χ1) is 37.1. The van der Waals surface area contributed by atoms with Crippen molar-refractivity contribution in [3.63, 3.8) is 0 Å². The summed E-state index contributed by atoms with van der Waals surface area (Å²) in [4.78, 5) is 33.3. The normalized spacial score (nSPS) is 10.7. The molecule has 0 atom stereocenters. The molecule has 0 amide bonds. The maximum atomic E-state index is 11.6. The van der Waals surface area contributed by atoms with Gasteiger partial charge in [-0.1, -0.05) is 229 Å². The molecule has 493 valence electrons. The van der Waals surface area contributed by atoms with Gasteiger partial charge in [-0.2, -0.15) is 0 Å². The van der Waals surface area contributed by atoms with Crippen molar-refractivity contribution in [2.45, 2.75) is 233 Å². The van der Waals surface area contributed by atoms with Crippen LogP contribution in [0.5, 0.6) is 17.2 Å². The van der Waals surface area contributed by atoms with E-state index < -0.39 is 35.2 Å². The van der Waals surface area contributed by atoms with Gasteiger partial charge < -0.3 is 97.7 Å². The van der Waals surface area contributed by atoms with Gasteiger partial charge in [0.1, 0.15) is 19.6 Å². The van der Waals surface area contributed by atoms with Gasteiger partial charge in [0.2, 0.25) is 0 Å². The van der Waals surface area contributed by atoms with E-state index in [-0.39, 0.29) is 112 Å². The average molecular weight is 1390 g/mol. The van der Waals surface area contributed by atoms with Gasteiger partial charge >= 0.3 is 59.7 Å². The number of benzene rings is 3. The number of carboxylic acid groups (broad SMARTS) is 3. The monoisotopic (exact) mass is 1390 g/mol. The van der Waals surface area contributed by atoms with Crippen LogP contribution in [0, 0.1) is 41.7 Å². The first-order valence-electron chi connectivity index (χ1n) is 30.6. The molecule has 1 radical (unpaired) electrons. The van der Waals surface area contributed by atoms with Crippen LogP contribution >= 0.6 is 0 Å². The van der Waals surface area contributed by atoms with Gasteiger partial charge in [-0.3, -0.25) is 0 Å². The van der Waals surface area contributed by atoms with E-state index in [1.54, 1.807) is 18.2 Å². The Morgan fingerprint density at radius 3 is 0.659 bits per heavy atom. The molecule has 0 aliphatic carbocycles. The quantitative estimate of drug-likeness (QED) is 0.0553. The Labute approximate surface area is 567 Å². The maximum Gasteiger partial charge on any atom is 3.00 e. The van der Waals surface area contributed by atoms with Crippen molar-refractivity contribution in [3.8, 4) is 17.2 Å². The van der Waals surface area contributed by atoms with Crippen LogP contribution in [0.15, 0.2) is 54.6 Å². The van der Waals surface area contributed by atoms with Crippen LogP contribution in [0.3, 0.4) is 0 Å². The van der Waals surface area contributed by atoms with Gasteiger partial charge in [0.05, 0.1) is 78.6 Å². The number of hydrogen-bond donors (Lipinski definition) is 3. The molecule has 0 saturated heterocycles. The second-order valence-electron chi connectivity index (χ2n) is 24.4. The Balaban J connectivity index is -0.000000206. The number of rotatable bonds is 42. The molecule has 3 aromatic rings. The molecule has 0 saturated carbocycles. The minimum Gasteiger partial charge on any atom is -1.00 e. The zero-order valence-electron chi connectivity index (χ0n) is 53.9. The van der Waals surface area contributed by atoms with Gasteiger partial charge in [0.25, 0.3) is 0 Å². The van der Waals surface area contributed by atoms with E-state index in [1.165, 1.54) is 229 Å². The Bertz CT molecular complexity index is 1890. The molecular weight excluding hydrogens is 1270 g/mol. The smallest absolute Gasteiger partial charge is 1.00 e. The molecule has 85 heavy (non-hydrogen) atoms. The fourth-order valence-electron chi connectivity index (χ4n) is 10.3. The van der Waals surface area contributed by atoms with Crippen LogP contribution < -0.4 is 52.5 Å². The van der Waals surface area contributed by atoms with E-state index in [0.717, 1.165) is 69.4 Å². The molecule has 0 heterocycles. The zero-order valence-corrected chi connectivity index (χ0v) is 59.3. The fourth-order valence-corrected chi connectivity index (χ4v) is 10.3. The SMILES string of the molecule is CCCCCCCCCCCC[N+](C)(C)Cc1ccc([O-])c(C(=O)O)c1.CCCCCCCCCCCC[N+](C)(C)Cc1ccc([O-])c(C(=O)O)c1.CCCCCCCCCCCC[N+](C)(C)Cc1ccc([O-])c(C(=O)O)c1.O.O.O.[Ce+3].[Cl-].[Cl-].[Cl-]. The number of quaternary nitrogens is 3. The number of hydrogen-bond acceptors (Lipinski definition) is 6. The molecule has 0 aliphatic heterocycles. The van der Waals surface area contributed by atoms with Crippen molar-refractivity contribution in [2.24, 2.45) is 0 Å². The van der Waals surface area contributed by atoms with E-state index in [0.29, 0.717) is 0 Å². The van der Waals surface area contributed by atoms with Crippen molar-refractivity contribution in [1.82, 2.24) is 0 Å². The first kappa shape index (κ1) is 96.1. The van der Waals surface area contributed by atoms with E-state index in [1.807, 2.05) is 0 Å². The summed E-state index contributed by atoms with van der Waals surface area (Å²) < 4.78 is 2.44. The molecule has 0 aliphatic rings. The fraction of sp³-hybridized carbons (Fsp3) is 0.682. The summed E-state index contributed by atoms with van der Waals surface area (Å²) in [5, 5.41) is 62.0. The molecule has 0 unspecified atom stereocenters. The number of halogens is 3. The average Bonchev–Trinajstić information content (AvgIpc) is 3.37. The first-order valence-corrected chi connectivity index (χ1v) is 30.6. The predicted octanol–water partition coefficient (Wildman–Crippen LogP) is 3.41. The minimum atomic E-state index is -1.14. The topological polar surface area (TPSA) is 276 Å². The molecule has 19 heteroatoms. The summed E-state index contributed by atoms with van der Waals surface area (Å²) in [7, 11) is 13.0. The van der Waals surface area contributed by atoms with Crippen molar-refractivity contribution in [3.05, 3.63) is 88.0 Å². The number of unbranched alkanes of at least 4 members (excludes halogenated alkanes) is 27. The second-order valence-corrected chi connectivity index (χ2v) is 24.4. The molecule has 0 fully saturated rings. The van der Waals surface area contributed by atoms with Gasteiger partial charge in [-0.05, 0) is 56.7 Å². The third-order valence-electron chi connectivity index (χ3n) is 15.0. The number of nitrogens with zero attached hydrogens (tertiary/aromatic N) is 3. The van der Waals surface area contributed by atoms with Crippen LogP contribution in [0.25, 0.3) is 0 Å². The number of carboxylic acids is 3. The van der Waals surface area contributed by atoms with E-state index in [9.17, 15) is 29.7 Å². The predicted molar refractivity (Wildman–Crippen MR) is 327 cm³/mol. The van der Waals surface area contributed by atoms with Gasteiger partial charge in [0, 0.05) is 16.7 Å². The Kier molecular flexibility index (Phi) is 64.1. The summed E-state index contributed by atoms with van der Waals surface area (Å²) in [5.41, 5.74) is 2.38. The van der Waals surface area contributed by atoms with Gasteiger partial charge in [-0.15, -0.1) is 0 Å². The summed E-state index contributed by atoms with van der Waals surface area (Å²) >= 11 is 0. The maximum absolute atomic E-state index is 11.6. The zero-order chi connectivity index (χ0) is 58.2. The molecule has 0 aromatic heterocycles. The van der Waals surface area contributed by atoms with Crippen molar-refractivity contribution >= 4 is 17.9 Å². The second kappa shape index (κ2) is 56.7. The molecule has 3 aromatic carbocycles. The molecule has 0 spiro atoms. The number of aromatic carboxylic acids is 3. The van der Waals surface area contributed by atoms with Crippen LogP contribution in [-0.2, 0) is 19.6 Å². The van der Waals surface area contributed by atoms with Crippen molar-refractivity contribution < 1.29 is 154 Å². The van der Waals surface area contributed by atoms with Crippen LogP contribution in [0.1, 0.15) is 261 Å². The third kappa shape index (κ3) is 49.0. The molecular formula is C66H117CeCl3N3O12. The van der Waals surface area contributed by atoms with Crippen LogP contribution in [0.4, 0.5) is 0 Å². The van der Waals surface area contributed by atoms with Crippen molar-refractivity contribution in [2.75, 3.05) is 61.9 Å². The molecule has 9 N–H and O–H groups in total. The Morgan fingerprint density at radius 1 is 0.329 bits per heavy atom. The minimum absolute atomic E-state index is 0. The summed E-state index contributed by atoms with van der Waals surface area (Å²) in [6.45, 7) is 12.2. The Hall–Kier alpha value is -2.52. The van der Waals surface area contributed by atoms with Crippen LogP contribution in [-0.4, -0.2) is 125 Å². The molecule has 0 bridgehead atoms. The largest absolute Gasteiger partial charge is 3.00 e. The van der Waals surface area contributed by atoms with Gasteiger partial charge in [0.15, 0.2) is 0 Å². The summed E-state index contributed by atoms with van der Waals surface area (Å²) in [5.74, 6) is -4.67. The van der Waals surface area contributed by atoms with Crippen molar-refractivity contribution in [1.29, 1.82) is 0 Å².